The molecule has 1 aliphatic heterocycles. The smallest absolute Gasteiger partial charge is 0.311 e. The minimum atomic E-state index is -0.329. The lowest BCUT2D eigenvalue weighted by atomic mass is 9.89. The Balaban J connectivity index is 1.60. The van der Waals surface area contributed by atoms with Crippen LogP contribution in [0.15, 0.2) is 36.5 Å². The van der Waals surface area contributed by atoms with E-state index in [4.69, 9.17) is 21.1 Å². The normalized spacial score (nSPS) is 15.4. The summed E-state index contributed by atoms with van der Waals surface area (Å²) >= 11 is 6.51. The number of hydrogen-bond donors (Lipinski definition) is 3. The van der Waals surface area contributed by atoms with Crippen LogP contribution in [0.25, 0.3) is 21.8 Å². The molecule has 7 nitrogen and oxygen atoms in total. The molecular formula is C24H22ClN3O4. The maximum Gasteiger partial charge on any atom is 0.311 e. The van der Waals surface area contributed by atoms with Gasteiger partial charge in [-0.3, -0.25) is 9.59 Å². The number of hydrogen-bond acceptors (Lipinski definition) is 5. The number of carbonyl (C=O) groups is 2. The predicted molar refractivity (Wildman–Crippen MR) is 124 cm³/mol. The first-order valence-electron chi connectivity index (χ1n) is 10.4. The van der Waals surface area contributed by atoms with Gasteiger partial charge in [-0.2, -0.15) is 0 Å². The highest BCUT2D eigenvalue weighted by Crippen LogP contribution is 2.39. The lowest BCUT2D eigenvalue weighted by molar-refractivity contribution is -0.147. The van der Waals surface area contributed by atoms with Crippen LogP contribution in [0.5, 0.6) is 5.75 Å². The van der Waals surface area contributed by atoms with Crippen molar-refractivity contribution >= 4 is 50.8 Å². The van der Waals surface area contributed by atoms with Gasteiger partial charge in [0.05, 0.1) is 35.9 Å². The molecule has 1 unspecified atom stereocenters. The molecule has 8 heteroatoms. The van der Waals surface area contributed by atoms with Crippen molar-refractivity contribution in [3.8, 4) is 5.75 Å². The lowest BCUT2D eigenvalue weighted by Crippen LogP contribution is -2.31. The van der Waals surface area contributed by atoms with Crippen molar-refractivity contribution in [1.82, 2.24) is 9.97 Å². The molecule has 0 saturated carbocycles. The quantitative estimate of drug-likeness (QED) is 0.302. The number of benzene rings is 2. The number of nitrogens with one attached hydrogen (secondary N) is 3. The molecule has 1 aliphatic rings. The number of ketones is 1. The van der Waals surface area contributed by atoms with Gasteiger partial charge in [-0.05, 0) is 49.2 Å². The van der Waals surface area contributed by atoms with Crippen LogP contribution in [0.3, 0.4) is 0 Å². The number of carbonyl (C=O) groups excluding carboxylic acids is 2. The van der Waals surface area contributed by atoms with Gasteiger partial charge in [0.1, 0.15) is 5.75 Å². The monoisotopic (exact) mass is 451 g/mol. The van der Waals surface area contributed by atoms with Crippen LogP contribution in [0.2, 0.25) is 5.02 Å². The van der Waals surface area contributed by atoms with E-state index in [1.54, 1.807) is 20.2 Å². The number of rotatable bonds is 5. The summed E-state index contributed by atoms with van der Waals surface area (Å²) in [7, 11) is 1.61. The zero-order valence-electron chi connectivity index (χ0n) is 17.7. The minimum absolute atomic E-state index is 0.158. The van der Waals surface area contributed by atoms with Crippen LogP contribution in [0.1, 0.15) is 28.5 Å². The van der Waals surface area contributed by atoms with Gasteiger partial charge < -0.3 is 24.8 Å². The van der Waals surface area contributed by atoms with Gasteiger partial charge in [0, 0.05) is 40.3 Å². The third-order valence-electron chi connectivity index (χ3n) is 5.94. The summed E-state index contributed by atoms with van der Waals surface area (Å²) in [6, 6.07) is 9.25. The molecule has 2 aromatic heterocycles. The Labute approximate surface area is 189 Å². The standard InChI is InChI=1S/C24H22ClN3O4/c1-3-32-24(30)13-7-15-19(26-10-13)9-17(25)22-21(15)16(11-27-22)23(29)20-8-12-6-14(31-2)4-5-18(12)28-20/h4-6,8-9,11,13,26-28H,3,7,10H2,1-2H3. The van der Waals surface area contributed by atoms with Gasteiger partial charge in [0.15, 0.2) is 0 Å². The number of aromatic amines is 2. The van der Waals surface area contributed by atoms with Gasteiger partial charge in [0.2, 0.25) is 5.78 Å². The highest BCUT2D eigenvalue weighted by atomic mass is 35.5. The number of halogens is 1. The average molecular weight is 452 g/mol. The van der Waals surface area contributed by atoms with E-state index in [0.29, 0.717) is 41.4 Å². The van der Waals surface area contributed by atoms with Gasteiger partial charge in [-0.1, -0.05) is 11.6 Å². The average Bonchev–Trinajstić information content (AvgIpc) is 3.43. The first-order valence-corrected chi connectivity index (χ1v) is 10.8. The molecule has 0 bridgehead atoms. The van der Waals surface area contributed by atoms with Gasteiger partial charge in [0.25, 0.3) is 0 Å². The molecule has 0 amide bonds. The Hall–Kier alpha value is -3.45. The Morgan fingerprint density at radius 3 is 2.84 bits per heavy atom. The third kappa shape index (κ3) is 3.29. The van der Waals surface area contributed by atoms with Crippen molar-refractivity contribution in [1.29, 1.82) is 0 Å². The minimum Gasteiger partial charge on any atom is -0.497 e. The maximum absolute atomic E-state index is 13.5. The highest BCUT2D eigenvalue weighted by Gasteiger charge is 2.30. The largest absolute Gasteiger partial charge is 0.497 e. The zero-order valence-corrected chi connectivity index (χ0v) is 18.4. The summed E-state index contributed by atoms with van der Waals surface area (Å²) < 4.78 is 10.5. The van der Waals surface area contributed by atoms with Crippen LogP contribution in [0, 0.1) is 5.92 Å². The summed E-state index contributed by atoms with van der Waals surface area (Å²) in [4.78, 5) is 32.2. The van der Waals surface area contributed by atoms with Crippen LogP contribution in [-0.4, -0.2) is 42.0 Å². The highest BCUT2D eigenvalue weighted by molar-refractivity contribution is 6.36. The Morgan fingerprint density at radius 2 is 2.06 bits per heavy atom. The number of esters is 1. The van der Waals surface area contributed by atoms with E-state index in [0.717, 1.165) is 33.3 Å². The van der Waals surface area contributed by atoms with Gasteiger partial charge in [-0.25, -0.2) is 0 Å². The van der Waals surface area contributed by atoms with E-state index in [1.807, 2.05) is 30.3 Å². The van der Waals surface area contributed by atoms with Crippen LogP contribution in [-0.2, 0) is 16.0 Å². The fourth-order valence-electron chi connectivity index (χ4n) is 4.38. The second kappa shape index (κ2) is 7.91. The molecule has 1 atom stereocenters. The van der Waals surface area contributed by atoms with Crippen molar-refractivity contribution in [2.75, 3.05) is 25.6 Å². The van der Waals surface area contributed by atoms with E-state index in [9.17, 15) is 9.59 Å². The molecule has 5 rings (SSSR count). The van der Waals surface area contributed by atoms with E-state index < -0.39 is 0 Å². The van der Waals surface area contributed by atoms with Crippen molar-refractivity contribution in [3.63, 3.8) is 0 Å². The summed E-state index contributed by atoms with van der Waals surface area (Å²) in [5, 5.41) is 5.42. The number of aromatic nitrogens is 2. The molecule has 0 saturated heterocycles. The second-order valence-corrected chi connectivity index (χ2v) is 8.24. The molecule has 3 heterocycles. The summed E-state index contributed by atoms with van der Waals surface area (Å²) in [6.07, 6.45) is 2.15. The Kier molecular flexibility index (Phi) is 5.06. The fourth-order valence-corrected chi connectivity index (χ4v) is 4.64. The number of H-pyrrole nitrogens is 2. The Morgan fingerprint density at radius 1 is 1.22 bits per heavy atom. The van der Waals surface area contributed by atoms with E-state index in [2.05, 4.69) is 15.3 Å². The molecule has 2 aromatic carbocycles. The molecule has 32 heavy (non-hydrogen) atoms. The third-order valence-corrected chi connectivity index (χ3v) is 6.24. The first-order chi connectivity index (χ1) is 15.5. The molecule has 3 N–H and O–H groups in total. The molecule has 164 valence electrons. The van der Waals surface area contributed by atoms with Crippen molar-refractivity contribution in [2.24, 2.45) is 5.92 Å². The number of fused-ring (bicyclic) bond motifs is 4. The van der Waals surface area contributed by atoms with Crippen LogP contribution >= 0.6 is 11.6 Å². The fraction of sp³-hybridized carbons (Fsp3) is 0.250. The van der Waals surface area contributed by atoms with Crippen molar-refractivity contribution in [3.05, 3.63) is 58.4 Å². The first kappa shape index (κ1) is 20.5. The summed E-state index contributed by atoms with van der Waals surface area (Å²) in [5.41, 5.74) is 4.21. The molecule has 0 radical (unpaired) electrons. The second-order valence-electron chi connectivity index (χ2n) is 7.84. The number of ether oxygens (including phenoxy) is 2. The molecule has 4 aromatic rings. The predicted octanol–water partition coefficient (Wildman–Crippen LogP) is 4.69. The summed E-state index contributed by atoms with van der Waals surface area (Å²) in [6.45, 7) is 2.58. The van der Waals surface area contributed by atoms with Crippen molar-refractivity contribution in [2.45, 2.75) is 13.3 Å². The van der Waals surface area contributed by atoms with Gasteiger partial charge >= 0.3 is 5.97 Å². The van der Waals surface area contributed by atoms with Crippen LogP contribution < -0.4 is 10.1 Å². The number of anilines is 1. The van der Waals surface area contributed by atoms with Crippen LogP contribution in [0.4, 0.5) is 5.69 Å². The van der Waals surface area contributed by atoms with Crippen molar-refractivity contribution < 1.29 is 19.1 Å². The molecular weight excluding hydrogens is 430 g/mol. The molecule has 0 fully saturated rings. The lowest BCUT2D eigenvalue weighted by Gasteiger charge is -2.26. The summed E-state index contributed by atoms with van der Waals surface area (Å²) in [5.74, 6) is -0.0133. The maximum atomic E-state index is 13.5. The topological polar surface area (TPSA) is 96.2 Å². The SMILES string of the molecule is CCOC(=O)C1CNc2cc(Cl)c3[nH]cc(C(=O)c4cc5cc(OC)ccc5[nH]4)c3c2C1. The Bertz CT molecular complexity index is 1370. The zero-order chi connectivity index (χ0) is 22.4. The number of methoxy groups -OCH3 is 1. The molecule has 0 aliphatic carbocycles. The molecule has 0 spiro atoms. The van der Waals surface area contributed by atoms with E-state index >= 15 is 0 Å². The van der Waals surface area contributed by atoms with E-state index in [1.165, 1.54) is 0 Å². The van der Waals surface area contributed by atoms with E-state index in [-0.39, 0.29) is 17.7 Å². The van der Waals surface area contributed by atoms with Gasteiger partial charge in [-0.15, -0.1) is 0 Å².